The van der Waals surface area contributed by atoms with E-state index in [1.54, 1.807) is 0 Å². The van der Waals surface area contributed by atoms with Crippen LogP contribution in [-0.2, 0) is 12.7 Å². The summed E-state index contributed by atoms with van der Waals surface area (Å²) < 4.78 is 40.0. The van der Waals surface area contributed by atoms with Crippen LogP contribution >= 0.6 is 15.9 Å². The summed E-state index contributed by atoms with van der Waals surface area (Å²) in [6.07, 6.45) is -3.77. The molecule has 1 atom stereocenters. The van der Waals surface area contributed by atoms with Gasteiger partial charge in [0, 0.05) is 23.1 Å². The number of anilines is 2. The first kappa shape index (κ1) is 18.5. The molecule has 24 heavy (non-hydrogen) atoms. The minimum absolute atomic E-state index is 0.0205. The van der Waals surface area contributed by atoms with E-state index in [1.165, 1.54) is 0 Å². The summed E-state index contributed by atoms with van der Waals surface area (Å²) in [5.41, 5.74) is -0.0385. The molecule has 0 aliphatic carbocycles. The average molecular weight is 403 g/mol. The van der Waals surface area contributed by atoms with Gasteiger partial charge in [0.1, 0.15) is 5.82 Å². The molecule has 1 heterocycles. The molecule has 0 spiro atoms. The lowest BCUT2D eigenvalue weighted by Gasteiger charge is -2.15. The molecule has 2 N–H and O–H groups in total. The van der Waals surface area contributed by atoms with Gasteiger partial charge in [0.15, 0.2) is 5.69 Å². The summed E-state index contributed by atoms with van der Waals surface area (Å²) in [5, 5.41) is 5.80. The van der Waals surface area contributed by atoms with Crippen LogP contribution in [0, 0.1) is 0 Å². The molecule has 0 unspecified atom stereocenters. The van der Waals surface area contributed by atoms with Crippen molar-refractivity contribution in [2.75, 3.05) is 10.6 Å². The third-order valence-electron chi connectivity index (χ3n) is 3.39. The first-order valence-corrected chi connectivity index (χ1v) is 8.28. The number of hydrogen-bond donors (Lipinski definition) is 2. The molecule has 2 aromatic rings. The maximum atomic E-state index is 13.0. The van der Waals surface area contributed by atoms with Gasteiger partial charge in [0.25, 0.3) is 0 Å². The lowest BCUT2D eigenvalue weighted by molar-refractivity contribution is -0.141. The summed E-state index contributed by atoms with van der Waals surface area (Å²) in [6, 6.07) is 8.39. The second kappa shape index (κ2) is 7.83. The van der Waals surface area contributed by atoms with E-state index in [0.717, 1.165) is 22.5 Å². The van der Waals surface area contributed by atoms with Gasteiger partial charge in [-0.2, -0.15) is 18.2 Å². The number of aromatic nitrogens is 2. The monoisotopic (exact) mass is 402 g/mol. The highest BCUT2D eigenvalue weighted by molar-refractivity contribution is 9.10. The highest BCUT2D eigenvalue weighted by Crippen LogP contribution is 2.30. The molecule has 130 valence electrons. The highest BCUT2D eigenvalue weighted by Gasteiger charge is 2.33. The minimum Gasteiger partial charge on any atom is -0.366 e. The first-order valence-electron chi connectivity index (χ1n) is 7.49. The normalized spacial score (nSPS) is 12.8. The standard InChI is InChI=1S/C16H18BrF3N4/c1-3-10(2)22-15-23-13(16(18,19)20)8-14(24-15)21-9-11-4-6-12(17)7-5-11/h4-8,10H,3,9H2,1-2H3,(H2,21,22,23,24)/t10-/m1/s1. The summed E-state index contributed by atoms with van der Waals surface area (Å²) in [5.74, 6) is 0.100. The molecule has 0 amide bonds. The molecule has 0 radical (unpaired) electrons. The second-order valence-corrected chi connectivity index (χ2v) is 6.31. The molecule has 1 aromatic heterocycles. The van der Waals surface area contributed by atoms with Crippen molar-refractivity contribution < 1.29 is 13.2 Å². The van der Waals surface area contributed by atoms with E-state index in [0.29, 0.717) is 6.54 Å². The lowest BCUT2D eigenvalue weighted by Crippen LogP contribution is -2.19. The zero-order valence-corrected chi connectivity index (χ0v) is 14.9. The van der Waals surface area contributed by atoms with Crippen LogP contribution in [0.2, 0.25) is 0 Å². The van der Waals surface area contributed by atoms with Gasteiger partial charge in [-0.3, -0.25) is 0 Å². The van der Waals surface area contributed by atoms with E-state index in [2.05, 4.69) is 36.5 Å². The molecule has 8 heteroatoms. The van der Waals surface area contributed by atoms with Gasteiger partial charge < -0.3 is 10.6 Å². The quantitative estimate of drug-likeness (QED) is 0.707. The van der Waals surface area contributed by atoms with E-state index in [9.17, 15) is 13.2 Å². The van der Waals surface area contributed by atoms with Crippen LogP contribution in [0.3, 0.4) is 0 Å². The number of benzene rings is 1. The predicted octanol–water partition coefficient (Wildman–Crippen LogP) is 5.08. The summed E-state index contributed by atoms with van der Waals surface area (Å²) in [4.78, 5) is 7.69. The Kier molecular flexibility index (Phi) is 6.04. The van der Waals surface area contributed by atoms with E-state index >= 15 is 0 Å². The van der Waals surface area contributed by atoms with Crippen molar-refractivity contribution in [2.45, 2.75) is 39.0 Å². The number of alkyl halides is 3. The van der Waals surface area contributed by atoms with Crippen molar-refractivity contribution in [1.82, 2.24) is 9.97 Å². The maximum absolute atomic E-state index is 13.0. The molecular formula is C16H18BrF3N4. The Balaban J connectivity index is 2.20. The lowest BCUT2D eigenvalue weighted by atomic mass is 10.2. The Morgan fingerprint density at radius 1 is 1.17 bits per heavy atom. The van der Waals surface area contributed by atoms with Gasteiger partial charge in [-0.25, -0.2) is 4.98 Å². The van der Waals surface area contributed by atoms with Gasteiger partial charge >= 0.3 is 6.18 Å². The Bertz CT molecular complexity index is 674. The highest BCUT2D eigenvalue weighted by atomic mass is 79.9. The van der Waals surface area contributed by atoms with Crippen LogP contribution in [-0.4, -0.2) is 16.0 Å². The number of halogens is 4. The first-order chi connectivity index (χ1) is 11.3. The van der Waals surface area contributed by atoms with Crippen LogP contribution in [0.1, 0.15) is 31.5 Å². The molecule has 0 aliphatic heterocycles. The van der Waals surface area contributed by atoms with Crippen molar-refractivity contribution in [3.05, 3.63) is 46.1 Å². The molecule has 0 saturated carbocycles. The molecule has 0 fully saturated rings. The Labute approximate surface area is 147 Å². The van der Waals surface area contributed by atoms with Crippen LogP contribution in [0.5, 0.6) is 0 Å². The van der Waals surface area contributed by atoms with Crippen LogP contribution in [0.15, 0.2) is 34.8 Å². The fourth-order valence-electron chi connectivity index (χ4n) is 1.86. The number of hydrogen-bond acceptors (Lipinski definition) is 4. The van der Waals surface area contributed by atoms with Gasteiger partial charge in [-0.05, 0) is 31.0 Å². The molecule has 2 rings (SSSR count). The number of nitrogens with one attached hydrogen (secondary N) is 2. The number of rotatable bonds is 6. The third-order valence-corrected chi connectivity index (χ3v) is 3.92. The third kappa shape index (κ3) is 5.36. The Morgan fingerprint density at radius 3 is 2.42 bits per heavy atom. The van der Waals surface area contributed by atoms with Gasteiger partial charge in [0.2, 0.25) is 5.95 Å². The smallest absolute Gasteiger partial charge is 0.366 e. The van der Waals surface area contributed by atoms with Crippen molar-refractivity contribution >= 4 is 27.7 Å². The molecule has 1 aromatic carbocycles. The fourth-order valence-corrected chi connectivity index (χ4v) is 2.13. The van der Waals surface area contributed by atoms with Crippen LogP contribution < -0.4 is 10.6 Å². The summed E-state index contributed by atoms with van der Waals surface area (Å²) >= 11 is 3.34. The topological polar surface area (TPSA) is 49.8 Å². The molecule has 4 nitrogen and oxygen atoms in total. The van der Waals surface area contributed by atoms with Gasteiger partial charge in [0.05, 0.1) is 0 Å². The van der Waals surface area contributed by atoms with E-state index in [1.807, 2.05) is 38.1 Å². The van der Waals surface area contributed by atoms with E-state index in [4.69, 9.17) is 0 Å². The number of nitrogens with zero attached hydrogens (tertiary/aromatic N) is 2. The predicted molar refractivity (Wildman–Crippen MR) is 91.9 cm³/mol. The molecule has 0 saturated heterocycles. The molecule has 0 aliphatic rings. The van der Waals surface area contributed by atoms with Crippen molar-refractivity contribution in [3.8, 4) is 0 Å². The zero-order valence-electron chi connectivity index (χ0n) is 13.3. The van der Waals surface area contributed by atoms with Crippen LogP contribution in [0.25, 0.3) is 0 Å². The zero-order chi connectivity index (χ0) is 17.7. The average Bonchev–Trinajstić information content (AvgIpc) is 2.53. The van der Waals surface area contributed by atoms with Gasteiger partial charge in [-0.15, -0.1) is 0 Å². The SMILES string of the molecule is CC[C@@H](C)Nc1nc(NCc2ccc(Br)cc2)cc(C(F)(F)F)n1. The molecule has 0 bridgehead atoms. The minimum atomic E-state index is -4.52. The van der Waals surface area contributed by atoms with Crippen molar-refractivity contribution in [2.24, 2.45) is 0 Å². The van der Waals surface area contributed by atoms with Crippen LogP contribution in [0.4, 0.5) is 24.9 Å². The molecular weight excluding hydrogens is 385 g/mol. The van der Waals surface area contributed by atoms with Crippen molar-refractivity contribution in [1.29, 1.82) is 0 Å². The maximum Gasteiger partial charge on any atom is 0.433 e. The fraction of sp³-hybridized carbons (Fsp3) is 0.375. The van der Waals surface area contributed by atoms with Crippen molar-refractivity contribution in [3.63, 3.8) is 0 Å². The largest absolute Gasteiger partial charge is 0.433 e. The second-order valence-electron chi connectivity index (χ2n) is 5.39. The summed E-state index contributed by atoms with van der Waals surface area (Å²) in [7, 11) is 0. The van der Waals surface area contributed by atoms with E-state index in [-0.39, 0.29) is 17.8 Å². The Morgan fingerprint density at radius 2 is 1.83 bits per heavy atom. The van der Waals surface area contributed by atoms with Gasteiger partial charge in [-0.1, -0.05) is 35.0 Å². The van der Waals surface area contributed by atoms with E-state index < -0.39 is 11.9 Å². The Hall–Kier alpha value is -1.83. The summed E-state index contributed by atoms with van der Waals surface area (Å²) in [6.45, 7) is 4.15.